The first-order valence-electron chi connectivity index (χ1n) is 3.67. The van der Waals surface area contributed by atoms with Crippen LogP contribution in [0.25, 0.3) is 0 Å². The molecule has 5 heteroatoms. The van der Waals surface area contributed by atoms with Crippen LogP contribution in [0, 0.1) is 0 Å². The molecule has 1 aliphatic rings. The summed E-state index contributed by atoms with van der Waals surface area (Å²) in [4.78, 5) is 10.1. The molecule has 0 bridgehead atoms. The predicted molar refractivity (Wildman–Crippen MR) is 44.0 cm³/mol. The fraction of sp³-hybridized carbons (Fsp3) is 0.833. The van der Waals surface area contributed by atoms with Gasteiger partial charge in [-0.1, -0.05) is 12.8 Å². The van der Waals surface area contributed by atoms with E-state index in [1.54, 1.807) is 0 Å². The maximum Gasteiger partial charge on any atom is 0.328 e. The molecule has 1 saturated heterocycles. The monoisotopic (exact) mass is 194 g/mol. The van der Waals surface area contributed by atoms with E-state index in [2.05, 4.69) is 0 Å². The van der Waals surface area contributed by atoms with Gasteiger partial charge in [-0.05, 0) is 12.1 Å². The van der Waals surface area contributed by atoms with Gasteiger partial charge in [0, 0.05) is 0 Å². The van der Waals surface area contributed by atoms with E-state index in [9.17, 15) is 4.79 Å². The Kier molecular flexibility index (Phi) is 2.92. The Hall–Kier alpha value is -0.0631. The average molecular weight is 195 g/mol. The van der Waals surface area contributed by atoms with Crippen LogP contribution in [0.5, 0.6) is 0 Å². The summed E-state index contributed by atoms with van der Waals surface area (Å²) in [5, 5.41) is 8.33. The second kappa shape index (κ2) is 3.56. The molecule has 3 nitrogen and oxygen atoms in total. The summed E-state index contributed by atoms with van der Waals surface area (Å²) in [6.07, 6.45) is 2.19. The number of hydrogen-bond donors (Lipinski definition) is 1. The molecule has 0 saturated carbocycles. The van der Waals surface area contributed by atoms with Crippen molar-refractivity contribution >= 4 is 24.7 Å². The summed E-state index contributed by atoms with van der Waals surface area (Å²) >= 11 is 6.07. The molecule has 0 aromatic rings. The Labute approximate surface area is 71.1 Å². The van der Waals surface area contributed by atoms with Crippen LogP contribution in [0.1, 0.15) is 12.8 Å². The third kappa shape index (κ3) is 2.81. The van der Waals surface area contributed by atoms with Crippen molar-refractivity contribution in [1.82, 2.24) is 0 Å². The zero-order valence-corrected chi connectivity index (χ0v) is 7.93. The molecular weight excluding hydrogens is 184 g/mol. The van der Waals surface area contributed by atoms with E-state index >= 15 is 0 Å². The van der Waals surface area contributed by atoms with Crippen LogP contribution in [-0.4, -0.2) is 25.3 Å². The number of carboxylic acids is 1. The maximum atomic E-state index is 10.1. The van der Waals surface area contributed by atoms with Crippen molar-refractivity contribution in [3.63, 3.8) is 0 Å². The van der Waals surface area contributed by atoms with Crippen LogP contribution < -0.4 is 0 Å². The third-order valence-electron chi connectivity index (χ3n) is 1.80. The van der Waals surface area contributed by atoms with Crippen LogP contribution in [-0.2, 0) is 9.22 Å². The molecule has 0 amide bonds. The van der Waals surface area contributed by atoms with Crippen molar-refractivity contribution in [3.8, 4) is 0 Å². The average Bonchev–Trinajstić information content (AvgIpc) is 2.33. The van der Waals surface area contributed by atoms with E-state index in [1.807, 2.05) is 0 Å². The van der Waals surface area contributed by atoms with E-state index in [-0.39, 0.29) is 6.61 Å². The van der Waals surface area contributed by atoms with Gasteiger partial charge in [-0.25, -0.2) is 4.79 Å². The minimum atomic E-state index is -2.06. The topological polar surface area (TPSA) is 46.5 Å². The number of hydrogen-bond acceptors (Lipinski definition) is 2. The molecule has 0 aromatic carbocycles. The van der Waals surface area contributed by atoms with E-state index < -0.39 is 13.6 Å². The Morgan fingerprint density at radius 3 is 2.55 bits per heavy atom. The normalized spacial score (nSPS) is 21.9. The molecule has 1 aliphatic heterocycles. The SMILES string of the molecule is O=C(O)CO[Si]1(Cl)CCCC1. The molecule has 1 fully saturated rings. The molecule has 11 heavy (non-hydrogen) atoms. The minimum absolute atomic E-state index is 0.226. The van der Waals surface area contributed by atoms with Gasteiger partial charge in [0.25, 0.3) is 7.63 Å². The van der Waals surface area contributed by atoms with Gasteiger partial charge in [-0.3, -0.25) is 0 Å². The predicted octanol–water partition coefficient (Wildman–Crippen LogP) is 1.56. The first-order chi connectivity index (χ1) is 5.12. The highest BCUT2D eigenvalue weighted by Crippen LogP contribution is 2.33. The molecule has 0 aromatic heterocycles. The van der Waals surface area contributed by atoms with Gasteiger partial charge < -0.3 is 9.53 Å². The van der Waals surface area contributed by atoms with Crippen molar-refractivity contribution < 1.29 is 14.3 Å². The molecule has 1 N–H and O–H groups in total. The van der Waals surface area contributed by atoms with Gasteiger partial charge in [0.1, 0.15) is 6.61 Å². The number of carboxylic acid groups (broad SMARTS) is 1. The smallest absolute Gasteiger partial charge is 0.328 e. The van der Waals surface area contributed by atoms with E-state index in [4.69, 9.17) is 20.6 Å². The van der Waals surface area contributed by atoms with Crippen LogP contribution in [0.3, 0.4) is 0 Å². The second-order valence-corrected chi connectivity index (χ2v) is 7.89. The lowest BCUT2D eigenvalue weighted by atomic mass is 10.4. The van der Waals surface area contributed by atoms with Crippen molar-refractivity contribution in [2.24, 2.45) is 0 Å². The van der Waals surface area contributed by atoms with Crippen LogP contribution in [0.2, 0.25) is 12.1 Å². The second-order valence-electron chi connectivity index (χ2n) is 2.77. The molecule has 0 atom stereocenters. The highest BCUT2D eigenvalue weighted by Gasteiger charge is 2.37. The van der Waals surface area contributed by atoms with Crippen LogP contribution in [0.15, 0.2) is 0 Å². The highest BCUT2D eigenvalue weighted by atomic mass is 35.6. The van der Waals surface area contributed by atoms with Gasteiger partial charge in [0.15, 0.2) is 0 Å². The first kappa shape index (κ1) is 9.03. The molecule has 0 aliphatic carbocycles. The van der Waals surface area contributed by atoms with Crippen molar-refractivity contribution in [3.05, 3.63) is 0 Å². The number of halogens is 1. The van der Waals surface area contributed by atoms with Gasteiger partial charge in [0.05, 0.1) is 0 Å². The summed E-state index contributed by atoms with van der Waals surface area (Å²) in [6, 6.07) is 1.81. The van der Waals surface area contributed by atoms with Gasteiger partial charge >= 0.3 is 5.97 Å². The minimum Gasteiger partial charge on any atom is -0.480 e. The fourth-order valence-electron chi connectivity index (χ4n) is 1.24. The molecular formula is C6H11ClO3Si. The number of rotatable bonds is 3. The van der Waals surface area contributed by atoms with Gasteiger partial charge in [-0.2, -0.15) is 0 Å². The van der Waals surface area contributed by atoms with Gasteiger partial charge in [-0.15, -0.1) is 11.1 Å². The lowest BCUT2D eigenvalue weighted by Crippen LogP contribution is -2.30. The summed E-state index contributed by atoms with van der Waals surface area (Å²) in [6.45, 7) is -0.226. The lowest BCUT2D eigenvalue weighted by molar-refractivity contribution is -0.139. The van der Waals surface area contributed by atoms with Crippen LogP contribution >= 0.6 is 11.1 Å². The standard InChI is InChI=1S/C6H11ClO3Si/c7-11(3-1-2-4-11)10-5-6(8)9/h1-5H2,(H,8,9). The molecule has 1 heterocycles. The number of aliphatic carboxylic acids is 1. The largest absolute Gasteiger partial charge is 0.480 e. The first-order valence-corrected chi connectivity index (χ1v) is 7.00. The molecule has 0 unspecified atom stereocenters. The summed E-state index contributed by atoms with van der Waals surface area (Å²) in [5.74, 6) is -0.926. The van der Waals surface area contributed by atoms with E-state index in [0.29, 0.717) is 0 Å². The maximum absolute atomic E-state index is 10.1. The Bertz CT molecular complexity index is 156. The summed E-state index contributed by atoms with van der Waals surface area (Å²) in [7, 11) is -2.06. The van der Waals surface area contributed by atoms with Crippen molar-refractivity contribution in [2.75, 3.05) is 6.61 Å². The third-order valence-corrected chi connectivity index (χ3v) is 6.13. The molecule has 0 spiro atoms. The Balaban J connectivity index is 2.28. The van der Waals surface area contributed by atoms with Crippen molar-refractivity contribution in [2.45, 2.75) is 24.9 Å². The van der Waals surface area contributed by atoms with E-state index in [0.717, 1.165) is 24.9 Å². The van der Waals surface area contributed by atoms with Gasteiger partial charge in [0.2, 0.25) is 0 Å². The Morgan fingerprint density at radius 2 is 2.09 bits per heavy atom. The summed E-state index contributed by atoms with van der Waals surface area (Å²) in [5.41, 5.74) is 0. The quantitative estimate of drug-likeness (QED) is 0.548. The lowest BCUT2D eigenvalue weighted by Gasteiger charge is -2.16. The molecule has 1 rings (SSSR count). The molecule has 0 radical (unpaired) electrons. The van der Waals surface area contributed by atoms with E-state index in [1.165, 1.54) is 0 Å². The zero-order chi connectivity index (χ0) is 8.32. The van der Waals surface area contributed by atoms with Crippen molar-refractivity contribution in [1.29, 1.82) is 0 Å². The zero-order valence-electron chi connectivity index (χ0n) is 6.18. The Morgan fingerprint density at radius 1 is 1.55 bits per heavy atom. The fourth-order valence-corrected chi connectivity index (χ4v) is 4.68. The molecule has 64 valence electrons. The number of carbonyl (C=O) groups is 1. The van der Waals surface area contributed by atoms with Crippen LogP contribution in [0.4, 0.5) is 0 Å². The summed E-state index contributed by atoms with van der Waals surface area (Å²) < 4.78 is 5.16. The highest BCUT2D eigenvalue weighted by molar-refractivity contribution is 7.17.